The lowest BCUT2D eigenvalue weighted by Crippen LogP contribution is -2.02. The van der Waals surface area contributed by atoms with Crippen LogP contribution in [0.4, 0.5) is 0 Å². The van der Waals surface area contributed by atoms with E-state index in [9.17, 15) is 4.79 Å². The van der Waals surface area contributed by atoms with Gasteiger partial charge in [-0.05, 0) is 36.5 Å². The second-order valence-electron chi connectivity index (χ2n) is 4.71. The molecule has 0 atom stereocenters. The van der Waals surface area contributed by atoms with Gasteiger partial charge in [0.15, 0.2) is 5.78 Å². The highest BCUT2D eigenvalue weighted by atomic mass is 16.1. The SMILES string of the molecule is CCCCC(=O)C(=Cc1ccccc1)CCCC. The summed E-state index contributed by atoms with van der Waals surface area (Å²) >= 11 is 0. The Morgan fingerprint density at radius 3 is 2.22 bits per heavy atom. The van der Waals surface area contributed by atoms with Gasteiger partial charge in [0, 0.05) is 6.42 Å². The number of ketones is 1. The third-order valence-corrected chi connectivity index (χ3v) is 3.06. The topological polar surface area (TPSA) is 17.1 Å². The molecule has 0 aliphatic carbocycles. The van der Waals surface area contributed by atoms with Crippen LogP contribution in [0.3, 0.4) is 0 Å². The number of unbranched alkanes of at least 4 members (excludes halogenated alkanes) is 2. The number of allylic oxidation sites excluding steroid dienone is 1. The van der Waals surface area contributed by atoms with Crippen molar-refractivity contribution in [2.45, 2.75) is 52.4 Å². The number of hydrogen-bond acceptors (Lipinski definition) is 1. The van der Waals surface area contributed by atoms with Crippen molar-refractivity contribution < 1.29 is 4.79 Å². The average Bonchev–Trinajstić information content (AvgIpc) is 2.42. The van der Waals surface area contributed by atoms with Crippen LogP contribution in [-0.4, -0.2) is 5.78 Å². The van der Waals surface area contributed by atoms with Crippen LogP contribution in [0, 0.1) is 0 Å². The second-order valence-corrected chi connectivity index (χ2v) is 4.71. The Balaban J connectivity index is 2.77. The minimum Gasteiger partial charge on any atom is -0.295 e. The van der Waals surface area contributed by atoms with Crippen LogP contribution in [0.15, 0.2) is 35.9 Å². The van der Waals surface area contributed by atoms with E-state index in [1.807, 2.05) is 18.2 Å². The predicted molar refractivity (Wildman–Crippen MR) is 78.5 cm³/mol. The molecule has 0 heterocycles. The van der Waals surface area contributed by atoms with E-state index in [1.165, 1.54) is 0 Å². The quantitative estimate of drug-likeness (QED) is 0.587. The van der Waals surface area contributed by atoms with E-state index in [-0.39, 0.29) is 0 Å². The number of rotatable bonds is 8. The Labute approximate surface area is 111 Å². The largest absolute Gasteiger partial charge is 0.295 e. The maximum Gasteiger partial charge on any atom is 0.158 e. The zero-order valence-corrected chi connectivity index (χ0v) is 11.6. The van der Waals surface area contributed by atoms with Gasteiger partial charge in [-0.1, -0.05) is 57.0 Å². The molecule has 0 aliphatic rings. The van der Waals surface area contributed by atoms with Crippen molar-refractivity contribution >= 4 is 11.9 Å². The first-order valence-corrected chi connectivity index (χ1v) is 7.06. The monoisotopic (exact) mass is 244 g/mol. The van der Waals surface area contributed by atoms with Crippen molar-refractivity contribution in [3.63, 3.8) is 0 Å². The van der Waals surface area contributed by atoms with Crippen molar-refractivity contribution in [3.8, 4) is 0 Å². The number of hydrogen-bond donors (Lipinski definition) is 0. The first kappa shape index (κ1) is 14.7. The molecule has 0 N–H and O–H groups in total. The molecule has 0 aliphatic heterocycles. The molecule has 1 aromatic rings. The van der Waals surface area contributed by atoms with E-state index < -0.39 is 0 Å². The molecule has 0 bridgehead atoms. The average molecular weight is 244 g/mol. The Hall–Kier alpha value is -1.37. The van der Waals surface area contributed by atoms with Crippen LogP contribution >= 0.6 is 0 Å². The normalized spacial score (nSPS) is 11.6. The molecule has 0 saturated carbocycles. The van der Waals surface area contributed by atoms with E-state index in [0.717, 1.165) is 43.2 Å². The van der Waals surface area contributed by atoms with E-state index in [0.29, 0.717) is 12.2 Å². The molecule has 0 radical (unpaired) electrons. The Morgan fingerprint density at radius 1 is 1.00 bits per heavy atom. The first-order valence-electron chi connectivity index (χ1n) is 7.06. The Bertz CT molecular complexity index is 376. The molecule has 98 valence electrons. The van der Waals surface area contributed by atoms with Crippen LogP contribution in [0.1, 0.15) is 57.9 Å². The predicted octanol–water partition coefficient (Wildman–Crippen LogP) is 5.02. The number of Topliss-reactive ketones (excluding diaryl/α,β-unsaturated/α-hetero) is 1. The molecule has 0 saturated heterocycles. The number of carbonyl (C=O) groups is 1. The summed E-state index contributed by atoms with van der Waals surface area (Å²) in [6, 6.07) is 10.1. The third kappa shape index (κ3) is 5.31. The molecule has 18 heavy (non-hydrogen) atoms. The highest BCUT2D eigenvalue weighted by Gasteiger charge is 2.08. The van der Waals surface area contributed by atoms with Gasteiger partial charge in [0.2, 0.25) is 0 Å². The number of benzene rings is 1. The number of carbonyl (C=O) groups excluding carboxylic acids is 1. The third-order valence-electron chi connectivity index (χ3n) is 3.06. The van der Waals surface area contributed by atoms with Gasteiger partial charge in [0.25, 0.3) is 0 Å². The van der Waals surface area contributed by atoms with Crippen molar-refractivity contribution in [1.29, 1.82) is 0 Å². The second kappa shape index (κ2) is 8.68. The van der Waals surface area contributed by atoms with E-state index in [4.69, 9.17) is 0 Å². The highest BCUT2D eigenvalue weighted by molar-refractivity contribution is 5.99. The van der Waals surface area contributed by atoms with Crippen molar-refractivity contribution in [1.82, 2.24) is 0 Å². The molecule has 0 fully saturated rings. The maximum absolute atomic E-state index is 12.1. The Morgan fingerprint density at radius 2 is 1.61 bits per heavy atom. The molecule has 1 heteroatoms. The van der Waals surface area contributed by atoms with E-state index in [2.05, 4.69) is 32.1 Å². The van der Waals surface area contributed by atoms with Crippen LogP contribution in [0.25, 0.3) is 6.08 Å². The van der Waals surface area contributed by atoms with Crippen molar-refractivity contribution in [3.05, 3.63) is 41.5 Å². The standard InChI is InChI=1S/C17H24O/c1-3-5-12-16(17(18)13-6-4-2)14-15-10-8-7-9-11-15/h7-11,14H,3-6,12-13H2,1-2H3. The summed E-state index contributed by atoms with van der Waals surface area (Å²) in [6.45, 7) is 4.29. The molecule has 0 aromatic heterocycles. The van der Waals surface area contributed by atoms with Gasteiger partial charge in [-0.3, -0.25) is 4.79 Å². The molecular formula is C17H24O. The molecule has 1 nitrogen and oxygen atoms in total. The summed E-state index contributed by atoms with van der Waals surface area (Å²) in [5.74, 6) is 0.328. The fourth-order valence-corrected chi connectivity index (χ4v) is 1.91. The van der Waals surface area contributed by atoms with E-state index in [1.54, 1.807) is 0 Å². The van der Waals surface area contributed by atoms with Gasteiger partial charge >= 0.3 is 0 Å². The van der Waals surface area contributed by atoms with Gasteiger partial charge in [-0.15, -0.1) is 0 Å². The lowest BCUT2D eigenvalue weighted by molar-refractivity contribution is -0.115. The van der Waals surface area contributed by atoms with Crippen LogP contribution in [0.2, 0.25) is 0 Å². The highest BCUT2D eigenvalue weighted by Crippen LogP contribution is 2.16. The van der Waals surface area contributed by atoms with Gasteiger partial charge in [0.05, 0.1) is 0 Å². The van der Waals surface area contributed by atoms with Crippen LogP contribution in [0.5, 0.6) is 0 Å². The summed E-state index contributed by atoms with van der Waals surface area (Å²) in [7, 11) is 0. The zero-order chi connectivity index (χ0) is 13.2. The lowest BCUT2D eigenvalue weighted by Gasteiger charge is -2.06. The zero-order valence-electron chi connectivity index (χ0n) is 11.6. The summed E-state index contributed by atoms with van der Waals surface area (Å²) < 4.78 is 0. The molecule has 1 rings (SSSR count). The van der Waals surface area contributed by atoms with Crippen molar-refractivity contribution in [2.75, 3.05) is 0 Å². The van der Waals surface area contributed by atoms with Gasteiger partial charge < -0.3 is 0 Å². The fraction of sp³-hybridized carbons (Fsp3) is 0.471. The maximum atomic E-state index is 12.1. The minimum absolute atomic E-state index is 0.328. The summed E-state index contributed by atoms with van der Waals surface area (Å²) in [4.78, 5) is 12.1. The van der Waals surface area contributed by atoms with Crippen LogP contribution in [-0.2, 0) is 4.79 Å². The van der Waals surface area contributed by atoms with Crippen molar-refractivity contribution in [2.24, 2.45) is 0 Å². The lowest BCUT2D eigenvalue weighted by atomic mass is 9.98. The molecule has 0 unspecified atom stereocenters. The first-order chi connectivity index (χ1) is 8.77. The molecule has 1 aromatic carbocycles. The smallest absolute Gasteiger partial charge is 0.158 e. The minimum atomic E-state index is 0.328. The van der Waals surface area contributed by atoms with Crippen LogP contribution < -0.4 is 0 Å². The van der Waals surface area contributed by atoms with Gasteiger partial charge in [-0.2, -0.15) is 0 Å². The van der Waals surface area contributed by atoms with E-state index >= 15 is 0 Å². The molecule has 0 amide bonds. The summed E-state index contributed by atoms with van der Waals surface area (Å²) in [5, 5.41) is 0. The molecule has 0 spiro atoms. The molecular weight excluding hydrogens is 220 g/mol. The fourth-order valence-electron chi connectivity index (χ4n) is 1.91. The summed E-state index contributed by atoms with van der Waals surface area (Å²) in [5.41, 5.74) is 2.13. The van der Waals surface area contributed by atoms with Gasteiger partial charge in [0.1, 0.15) is 0 Å². The summed E-state index contributed by atoms with van der Waals surface area (Å²) in [6.07, 6.45) is 7.97. The Kier molecular flexibility index (Phi) is 7.09. The van der Waals surface area contributed by atoms with Gasteiger partial charge in [-0.25, -0.2) is 0 Å².